The monoisotopic (exact) mass is 171 g/mol. The first-order chi connectivity index (χ1) is 5.56. The van der Waals surface area contributed by atoms with Crippen LogP contribution in [0.2, 0.25) is 0 Å². The molecule has 0 spiro atoms. The van der Waals surface area contributed by atoms with Crippen LogP contribution in [0.15, 0.2) is 0 Å². The molecule has 1 fully saturated rings. The number of rotatable bonds is 2. The Morgan fingerprint density at radius 3 is 2.83 bits per heavy atom. The molecule has 2 atom stereocenters. The summed E-state index contributed by atoms with van der Waals surface area (Å²) in [5.41, 5.74) is 5.74. The smallest absolute Gasteiger partial charge is 0.307 e. The third-order valence-corrected chi connectivity index (χ3v) is 2.61. The van der Waals surface area contributed by atoms with Crippen molar-refractivity contribution >= 4 is 5.97 Å². The van der Waals surface area contributed by atoms with Crippen LogP contribution in [0.5, 0.6) is 0 Å². The molecule has 1 rings (SSSR count). The summed E-state index contributed by atoms with van der Waals surface area (Å²) in [6.45, 7) is 2.17. The van der Waals surface area contributed by atoms with Gasteiger partial charge in [-0.2, -0.15) is 0 Å². The Labute approximate surface area is 73.3 Å². The van der Waals surface area contributed by atoms with E-state index in [0.717, 1.165) is 19.3 Å². The largest absolute Gasteiger partial charge is 0.469 e. The van der Waals surface area contributed by atoms with Crippen LogP contribution < -0.4 is 5.73 Å². The first-order valence-corrected chi connectivity index (χ1v) is 4.41. The minimum atomic E-state index is -0.285. The lowest BCUT2D eigenvalue weighted by atomic mass is 9.94. The Bertz CT molecular complexity index is 181. The number of hydrogen-bond donors (Lipinski definition) is 1. The lowest BCUT2D eigenvalue weighted by Gasteiger charge is -2.21. The number of nitrogens with two attached hydrogens (primary N) is 1. The van der Waals surface area contributed by atoms with Gasteiger partial charge in [-0.1, -0.05) is 6.92 Å². The highest BCUT2D eigenvalue weighted by molar-refractivity contribution is 5.70. The molecule has 12 heavy (non-hydrogen) atoms. The number of esters is 1. The average molecular weight is 171 g/mol. The predicted molar refractivity (Wildman–Crippen MR) is 46.6 cm³/mol. The van der Waals surface area contributed by atoms with Crippen molar-refractivity contribution in [1.29, 1.82) is 0 Å². The maximum absolute atomic E-state index is 11.0. The zero-order valence-corrected chi connectivity index (χ0v) is 7.80. The second kappa shape index (κ2) is 3.44. The molecule has 0 radical (unpaired) electrons. The van der Waals surface area contributed by atoms with Crippen molar-refractivity contribution in [2.24, 2.45) is 11.7 Å². The van der Waals surface area contributed by atoms with E-state index in [0.29, 0.717) is 12.3 Å². The van der Waals surface area contributed by atoms with Crippen LogP contribution in [0.3, 0.4) is 0 Å². The summed E-state index contributed by atoms with van der Waals surface area (Å²) in [6, 6.07) is 0. The van der Waals surface area contributed by atoms with Crippen molar-refractivity contribution in [2.75, 3.05) is 7.11 Å². The van der Waals surface area contributed by atoms with Gasteiger partial charge >= 0.3 is 5.97 Å². The summed E-state index contributed by atoms with van der Waals surface area (Å²) in [4.78, 5) is 11.0. The molecule has 0 bridgehead atoms. The number of ether oxygens (including phenoxy) is 1. The third kappa shape index (κ3) is 2.21. The number of methoxy groups -OCH3 is 1. The molecule has 1 aliphatic rings. The average Bonchev–Trinajstić information content (AvgIpc) is 2.30. The second-order valence-corrected chi connectivity index (χ2v) is 3.96. The second-order valence-electron chi connectivity index (χ2n) is 3.96. The van der Waals surface area contributed by atoms with Gasteiger partial charge in [-0.25, -0.2) is 0 Å². The molecule has 70 valence electrons. The summed E-state index contributed by atoms with van der Waals surface area (Å²) in [5.74, 6) is 0.464. The minimum Gasteiger partial charge on any atom is -0.469 e. The van der Waals surface area contributed by atoms with E-state index >= 15 is 0 Å². The quantitative estimate of drug-likeness (QED) is 0.632. The number of carbonyl (C=O) groups is 1. The Hall–Kier alpha value is -0.570. The van der Waals surface area contributed by atoms with Gasteiger partial charge in [0.1, 0.15) is 0 Å². The Morgan fingerprint density at radius 2 is 2.42 bits per heavy atom. The third-order valence-electron chi connectivity index (χ3n) is 2.61. The van der Waals surface area contributed by atoms with Crippen LogP contribution in [0.1, 0.15) is 32.6 Å². The van der Waals surface area contributed by atoms with Gasteiger partial charge in [0.05, 0.1) is 13.5 Å². The van der Waals surface area contributed by atoms with Gasteiger partial charge in [-0.3, -0.25) is 4.79 Å². The van der Waals surface area contributed by atoms with Crippen LogP contribution in [0.25, 0.3) is 0 Å². The van der Waals surface area contributed by atoms with Crippen LogP contribution >= 0.6 is 0 Å². The van der Waals surface area contributed by atoms with Crippen LogP contribution in [0.4, 0.5) is 0 Å². The van der Waals surface area contributed by atoms with Crippen LogP contribution in [-0.4, -0.2) is 18.6 Å². The first-order valence-electron chi connectivity index (χ1n) is 4.41. The van der Waals surface area contributed by atoms with E-state index in [2.05, 4.69) is 11.7 Å². The molecule has 0 aromatic carbocycles. The Morgan fingerprint density at radius 1 is 1.75 bits per heavy atom. The van der Waals surface area contributed by atoms with Crippen molar-refractivity contribution < 1.29 is 9.53 Å². The van der Waals surface area contributed by atoms with E-state index < -0.39 is 0 Å². The molecule has 2 unspecified atom stereocenters. The van der Waals surface area contributed by atoms with Crippen molar-refractivity contribution in [3.05, 3.63) is 0 Å². The fraction of sp³-hybridized carbons (Fsp3) is 0.889. The predicted octanol–water partition coefficient (Wildman–Crippen LogP) is 1.07. The summed E-state index contributed by atoms with van der Waals surface area (Å²) in [7, 11) is 1.41. The van der Waals surface area contributed by atoms with Gasteiger partial charge in [0.15, 0.2) is 0 Å². The molecular formula is C9H17NO2. The van der Waals surface area contributed by atoms with E-state index in [4.69, 9.17) is 5.73 Å². The summed E-state index contributed by atoms with van der Waals surface area (Å²) < 4.78 is 4.59. The van der Waals surface area contributed by atoms with E-state index in [1.807, 2.05) is 0 Å². The van der Waals surface area contributed by atoms with Gasteiger partial charge in [-0.05, 0) is 25.2 Å². The minimum absolute atomic E-state index is 0.188. The number of hydrogen-bond acceptors (Lipinski definition) is 3. The van der Waals surface area contributed by atoms with Crippen molar-refractivity contribution in [2.45, 2.75) is 38.1 Å². The molecule has 0 heterocycles. The Balaban J connectivity index is 2.45. The maximum Gasteiger partial charge on any atom is 0.307 e. The SMILES string of the molecule is COC(=O)CC1(N)CCC(C)C1. The van der Waals surface area contributed by atoms with Gasteiger partial charge in [0.25, 0.3) is 0 Å². The first kappa shape index (κ1) is 9.52. The van der Waals surface area contributed by atoms with E-state index in [9.17, 15) is 4.79 Å². The molecule has 0 aromatic rings. The van der Waals surface area contributed by atoms with E-state index in [1.165, 1.54) is 7.11 Å². The van der Waals surface area contributed by atoms with Crippen molar-refractivity contribution in [1.82, 2.24) is 0 Å². The lowest BCUT2D eigenvalue weighted by molar-refractivity contribution is -0.142. The molecule has 0 saturated heterocycles. The zero-order chi connectivity index (χ0) is 9.19. The molecule has 3 nitrogen and oxygen atoms in total. The molecule has 1 aliphatic carbocycles. The topological polar surface area (TPSA) is 52.3 Å². The molecule has 1 saturated carbocycles. The lowest BCUT2D eigenvalue weighted by Crippen LogP contribution is -2.39. The van der Waals surface area contributed by atoms with Gasteiger partial charge in [0.2, 0.25) is 0 Å². The molecule has 0 aromatic heterocycles. The molecule has 0 amide bonds. The number of carbonyl (C=O) groups excluding carboxylic acids is 1. The molecule has 3 heteroatoms. The molecular weight excluding hydrogens is 154 g/mol. The van der Waals surface area contributed by atoms with E-state index in [1.54, 1.807) is 0 Å². The van der Waals surface area contributed by atoms with Crippen LogP contribution in [-0.2, 0) is 9.53 Å². The highest BCUT2D eigenvalue weighted by Gasteiger charge is 2.35. The standard InChI is InChI=1S/C9H17NO2/c1-7-3-4-9(10,5-7)6-8(11)12-2/h7H,3-6,10H2,1-2H3. The van der Waals surface area contributed by atoms with E-state index in [-0.39, 0.29) is 11.5 Å². The van der Waals surface area contributed by atoms with Crippen molar-refractivity contribution in [3.63, 3.8) is 0 Å². The van der Waals surface area contributed by atoms with Gasteiger partial charge < -0.3 is 10.5 Å². The molecule has 0 aliphatic heterocycles. The van der Waals surface area contributed by atoms with Gasteiger partial charge in [-0.15, -0.1) is 0 Å². The maximum atomic E-state index is 11.0. The van der Waals surface area contributed by atoms with Crippen molar-refractivity contribution in [3.8, 4) is 0 Å². The molecule has 2 N–H and O–H groups in total. The Kier molecular flexibility index (Phi) is 2.73. The normalized spacial score (nSPS) is 35.1. The summed E-state index contributed by atoms with van der Waals surface area (Å²) in [5, 5.41) is 0. The fourth-order valence-corrected chi connectivity index (χ4v) is 1.95. The highest BCUT2D eigenvalue weighted by Crippen LogP contribution is 2.34. The van der Waals surface area contributed by atoms with Crippen LogP contribution in [0, 0.1) is 5.92 Å². The van der Waals surface area contributed by atoms with Gasteiger partial charge in [0, 0.05) is 5.54 Å². The summed E-state index contributed by atoms with van der Waals surface area (Å²) in [6.07, 6.45) is 3.40. The summed E-state index contributed by atoms with van der Waals surface area (Å²) >= 11 is 0. The highest BCUT2D eigenvalue weighted by atomic mass is 16.5. The zero-order valence-electron chi connectivity index (χ0n) is 7.80. The fourth-order valence-electron chi connectivity index (χ4n) is 1.95.